The Morgan fingerprint density at radius 2 is 1.92 bits per heavy atom. The molecular weight excluding hydrogens is 162 g/mol. The molecule has 0 bridgehead atoms. The summed E-state index contributed by atoms with van der Waals surface area (Å²) in [6, 6.07) is 10.3. The van der Waals surface area contributed by atoms with Gasteiger partial charge in [-0.05, 0) is 18.9 Å². The molecule has 0 radical (unpaired) electrons. The van der Waals surface area contributed by atoms with E-state index in [1.165, 1.54) is 5.56 Å². The van der Waals surface area contributed by atoms with E-state index in [9.17, 15) is 0 Å². The number of benzene rings is 1. The van der Waals surface area contributed by atoms with Crippen LogP contribution in [0.4, 0.5) is 0 Å². The predicted octanol–water partition coefficient (Wildman–Crippen LogP) is 1.59. The van der Waals surface area contributed by atoms with E-state index in [1.54, 1.807) is 7.11 Å². The second-order valence-electron chi connectivity index (χ2n) is 3.29. The van der Waals surface area contributed by atoms with Crippen molar-refractivity contribution in [3.8, 4) is 0 Å². The zero-order valence-electron chi connectivity index (χ0n) is 8.23. The lowest BCUT2D eigenvalue weighted by Crippen LogP contribution is -2.35. The van der Waals surface area contributed by atoms with Crippen molar-refractivity contribution in [2.24, 2.45) is 5.73 Å². The molecule has 13 heavy (non-hydrogen) atoms. The first kappa shape index (κ1) is 10.2. The molecule has 2 nitrogen and oxygen atoms in total. The number of rotatable bonds is 4. The summed E-state index contributed by atoms with van der Waals surface area (Å²) in [5, 5.41) is 0. The molecule has 1 aromatic carbocycles. The van der Waals surface area contributed by atoms with Gasteiger partial charge in [-0.15, -0.1) is 0 Å². The number of nitrogens with two attached hydrogens (primary N) is 1. The third-order valence-corrected chi connectivity index (χ3v) is 2.29. The molecule has 2 atom stereocenters. The Hall–Kier alpha value is -0.860. The Balaban J connectivity index is 2.50. The van der Waals surface area contributed by atoms with Crippen molar-refractivity contribution in [2.75, 3.05) is 7.11 Å². The number of methoxy groups -OCH3 is 1. The van der Waals surface area contributed by atoms with Gasteiger partial charge in [0.25, 0.3) is 0 Å². The fraction of sp³-hybridized carbons (Fsp3) is 0.455. The normalized spacial score (nSPS) is 15.3. The first-order chi connectivity index (χ1) is 6.24. The topological polar surface area (TPSA) is 35.2 Å². The molecular formula is C11H17NO. The van der Waals surface area contributed by atoms with Crippen molar-refractivity contribution in [2.45, 2.75) is 25.5 Å². The highest BCUT2D eigenvalue weighted by molar-refractivity contribution is 5.15. The molecule has 0 saturated carbocycles. The average molecular weight is 179 g/mol. The predicted molar refractivity (Wildman–Crippen MR) is 54.6 cm³/mol. The van der Waals surface area contributed by atoms with Gasteiger partial charge < -0.3 is 10.5 Å². The number of hydrogen-bond donors (Lipinski definition) is 1. The Morgan fingerprint density at radius 3 is 2.46 bits per heavy atom. The van der Waals surface area contributed by atoms with Crippen LogP contribution in [0, 0.1) is 0 Å². The Labute approximate surface area is 79.7 Å². The first-order valence-electron chi connectivity index (χ1n) is 4.56. The van der Waals surface area contributed by atoms with Crippen molar-refractivity contribution >= 4 is 0 Å². The molecule has 1 rings (SSSR count). The fourth-order valence-corrected chi connectivity index (χ4v) is 1.23. The maximum atomic E-state index is 5.93. The molecule has 72 valence electrons. The Kier molecular flexibility index (Phi) is 3.93. The van der Waals surface area contributed by atoms with Gasteiger partial charge in [-0.2, -0.15) is 0 Å². The van der Waals surface area contributed by atoms with E-state index < -0.39 is 0 Å². The molecule has 0 saturated heterocycles. The molecule has 0 aromatic heterocycles. The lowest BCUT2D eigenvalue weighted by atomic mass is 10.0. The van der Waals surface area contributed by atoms with Gasteiger partial charge in [0.2, 0.25) is 0 Å². The van der Waals surface area contributed by atoms with Crippen molar-refractivity contribution in [3.63, 3.8) is 0 Å². The average Bonchev–Trinajstić information content (AvgIpc) is 2.18. The smallest absolute Gasteiger partial charge is 0.0697 e. The van der Waals surface area contributed by atoms with Crippen LogP contribution < -0.4 is 5.73 Å². The minimum absolute atomic E-state index is 0.0763. The maximum absolute atomic E-state index is 5.93. The van der Waals surface area contributed by atoms with Crippen molar-refractivity contribution in [1.29, 1.82) is 0 Å². The zero-order valence-corrected chi connectivity index (χ0v) is 8.23. The van der Waals surface area contributed by atoms with Gasteiger partial charge >= 0.3 is 0 Å². The molecule has 0 heterocycles. The van der Waals surface area contributed by atoms with E-state index >= 15 is 0 Å². The van der Waals surface area contributed by atoms with Gasteiger partial charge in [0.1, 0.15) is 0 Å². The minimum atomic E-state index is 0.0763. The maximum Gasteiger partial charge on any atom is 0.0697 e. The summed E-state index contributed by atoms with van der Waals surface area (Å²) >= 11 is 0. The van der Waals surface area contributed by atoms with E-state index in [2.05, 4.69) is 12.1 Å². The lowest BCUT2D eigenvalue weighted by Gasteiger charge is -2.18. The van der Waals surface area contributed by atoms with Crippen molar-refractivity contribution in [1.82, 2.24) is 0 Å². The van der Waals surface area contributed by atoms with Crippen LogP contribution in [0.15, 0.2) is 30.3 Å². The largest absolute Gasteiger partial charge is 0.380 e. The standard InChI is InChI=1S/C11H17NO/c1-9(13-2)11(12)8-10-6-4-3-5-7-10/h3-7,9,11H,8,12H2,1-2H3/t9?,11-/m1/s1. The summed E-state index contributed by atoms with van der Waals surface area (Å²) in [4.78, 5) is 0. The third kappa shape index (κ3) is 3.17. The van der Waals surface area contributed by atoms with Gasteiger partial charge in [-0.1, -0.05) is 30.3 Å². The monoisotopic (exact) mass is 179 g/mol. The van der Waals surface area contributed by atoms with Crippen LogP contribution in [0.25, 0.3) is 0 Å². The van der Waals surface area contributed by atoms with Crippen LogP contribution in [0.5, 0.6) is 0 Å². The lowest BCUT2D eigenvalue weighted by molar-refractivity contribution is 0.0956. The summed E-state index contributed by atoms with van der Waals surface area (Å²) in [7, 11) is 1.69. The highest BCUT2D eigenvalue weighted by atomic mass is 16.5. The highest BCUT2D eigenvalue weighted by Crippen LogP contribution is 2.05. The summed E-state index contributed by atoms with van der Waals surface area (Å²) in [5.74, 6) is 0. The van der Waals surface area contributed by atoms with Crippen LogP contribution in [-0.4, -0.2) is 19.3 Å². The second kappa shape index (κ2) is 5.00. The van der Waals surface area contributed by atoms with E-state index in [-0.39, 0.29) is 12.1 Å². The number of ether oxygens (including phenoxy) is 1. The Bertz CT molecular complexity index is 235. The Morgan fingerprint density at radius 1 is 1.31 bits per heavy atom. The fourth-order valence-electron chi connectivity index (χ4n) is 1.23. The van der Waals surface area contributed by atoms with Crippen molar-refractivity contribution in [3.05, 3.63) is 35.9 Å². The molecule has 0 aliphatic rings. The second-order valence-corrected chi connectivity index (χ2v) is 3.29. The highest BCUT2D eigenvalue weighted by Gasteiger charge is 2.11. The summed E-state index contributed by atoms with van der Waals surface area (Å²) < 4.78 is 5.16. The van der Waals surface area contributed by atoms with Crippen LogP contribution in [-0.2, 0) is 11.2 Å². The molecule has 0 amide bonds. The minimum Gasteiger partial charge on any atom is -0.380 e. The molecule has 0 spiro atoms. The summed E-state index contributed by atoms with van der Waals surface area (Å²) in [6.45, 7) is 1.99. The van der Waals surface area contributed by atoms with Gasteiger partial charge in [0, 0.05) is 13.2 Å². The zero-order chi connectivity index (χ0) is 9.68. The quantitative estimate of drug-likeness (QED) is 0.761. The van der Waals surface area contributed by atoms with Crippen LogP contribution in [0.3, 0.4) is 0 Å². The SMILES string of the molecule is COC(C)[C@H](N)Cc1ccccc1. The van der Waals surface area contributed by atoms with Gasteiger partial charge in [0.05, 0.1) is 6.10 Å². The third-order valence-electron chi connectivity index (χ3n) is 2.29. The van der Waals surface area contributed by atoms with E-state index in [0.717, 1.165) is 6.42 Å². The van der Waals surface area contributed by atoms with Crippen LogP contribution >= 0.6 is 0 Å². The molecule has 2 heteroatoms. The summed E-state index contributed by atoms with van der Waals surface area (Å²) in [6.07, 6.45) is 0.982. The molecule has 1 aromatic rings. The van der Waals surface area contributed by atoms with Gasteiger partial charge in [-0.3, -0.25) is 0 Å². The van der Waals surface area contributed by atoms with Crippen molar-refractivity contribution < 1.29 is 4.74 Å². The summed E-state index contributed by atoms with van der Waals surface area (Å²) in [5.41, 5.74) is 7.20. The van der Waals surface area contributed by atoms with E-state index in [1.807, 2.05) is 25.1 Å². The number of hydrogen-bond acceptors (Lipinski definition) is 2. The molecule has 0 fully saturated rings. The van der Waals surface area contributed by atoms with E-state index in [4.69, 9.17) is 10.5 Å². The molecule has 0 aliphatic heterocycles. The van der Waals surface area contributed by atoms with Gasteiger partial charge in [0.15, 0.2) is 0 Å². The van der Waals surface area contributed by atoms with Crippen LogP contribution in [0.1, 0.15) is 12.5 Å². The van der Waals surface area contributed by atoms with Gasteiger partial charge in [-0.25, -0.2) is 0 Å². The molecule has 1 unspecified atom stereocenters. The molecule has 0 aliphatic carbocycles. The first-order valence-corrected chi connectivity index (χ1v) is 4.56. The van der Waals surface area contributed by atoms with E-state index in [0.29, 0.717) is 0 Å². The molecule has 2 N–H and O–H groups in total. The van der Waals surface area contributed by atoms with Crippen LogP contribution in [0.2, 0.25) is 0 Å².